The summed E-state index contributed by atoms with van der Waals surface area (Å²) in [6.07, 6.45) is 1.47. The number of hydrogen-bond donors (Lipinski definition) is 1. The third-order valence-electron chi connectivity index (χ3n) is 5.84. The van der Waals surface area contributed by atoms with Crippen LogP contribution in [0, 0.1) is 12.7 Å². The first kappa shape index (κ1) is 26.9. The monoisotopic (exact) mass is 501 g/mol. The molecule has 0 spiro atoms. The number of alkyl halides is 2. The number of aryl methyl sites for hydroxylation is 2. The quantitative estimate of drug-likeness (QED) is 0.367. The lowest BCUT2D eigenvalue weighted by molar-refractivity contribution is -0.129. The van der Waals surface area contributed by atoms with Crippen LogP contribution in [-0.2, 0) is 11.3 Å². The Kier molecular flexibility index (Phi) is 8.84. The van der Waals surface area contributed by atoms with Crippen LogP contribution in [0.2, 0.25) is 0 Å². The maximum absolute atomic E-state index is 14.8. The molecule has 1 aromatic carbocycles. The first-order chi connectivity index (χ1) is 17.2. The molecule has 1 N–H and O–H groups in total. The van der Waals surface area contributed by atoms with E-state index in [0.717, 1.165) is 12.5 Å². The minimum absolute atomic E-state index is 0.000727. The van der Waals surface area contributed by atoms with E-state index in [1.165, 1.54) is 35.8 Å². The van der Waals surface area contributed by atoms with Gasteiger partial charge in [0, 0.05) is 44.4 Å². The smallest absolute Gasteiger partial charge is 0.266 e. The van der Waals surface area contributed by atoms with Crippen LogP contribution in [0.15, 0.2) is 47.9 Å². The molecule has 192 valence electrons. The number of rotatable bonds is 11. The second-order valence-electron chi connectivity index (χ2n) is 8.49. The Bertz CT molecular complexity index is 1310. The van der Waals surface area contributed by atoms with E-state index in [1.54, 1.807) is 18.0 Å². The minimum atomic E-state index is -2.96. The Labute approximate surface area is 207 Å². The summed E-state index contributed by atoms with van der Waals surface area (Å²) in [6, 6.07) is 4.34. The highest BCUT2D eigenvalue weighted by atomic mass is 19.3. The SMILES string of the molecule is C=C[C@@H](Nc1nc(C)nc2cc(=O)n(CCCN(CCC)C(C)=O)cc12)c1cccc(C(F)F)c1F. The van der Waals surface area contributed by atoms with E-state index in [9.17, 15) is 22.8 Å². The molecule has 0 aliphatic carbocycles. The second kappa shape index (κ2) is 11.8. The molecule has 2 aromatic heterocycles. The van der Waals surface area contributed by atoms with Crippen molar-refractivity contribution in [2.45, 2.75) is 52.6 Å². The van der Waals surface area contributed by atoms with Gasteiger partial charge in [-0.15, -0.1) is 6.58 Å². The van der Waals surface area contributed by atoms with Crippen LogP contribution in [0.1, 0.15) is 56.1 Å². The fourth-order valence-electron chi connectivity index (χ4n) is 4.06. The lowest BCUT2D eigenvalue weighted by Crippen LogP contribution is -2.31. The van der Waals surface area contributed by atoms with Crippen molar-refractivity contribution >= 4 is 22.6 Å². The first-order valence-electron chi connectivity index (χ1n) is 11.8. The molecule has 1 amide bonds. The van der Waals surface area contributed by atoms with Gasteiger partial charge in [0.05, 0.1) is 22.5 Å². The maximum atomic E-state index is 14.8. The molecule has 3 aromatic rings. The summed E-state index contributed by atoms with van der Waals surface area (Å²) in [6.45, 7) is 10.4. The van der Waals surface area contributed by atoms with Crippen LogP contribution < -0.4 is 10.9 Å². The minimum Gasteiger partial charge on any atom is -0.359 e. The van der Waals surface area contributed by atoms with Gasteiger partial charge in [0.15, 0.2) is 0 Å². The molecular weight excluding hydrogens is 471 g/mol. The normalized spacial score (nSPS) is 12.1. The first-order valence-corrected chi connectivity index (χ1v) is 11.8. The van der Waals surface area contributed by atoms with Gasteiger partial charge >= 0.3 is 0 Å². The van der Waals surface area contributed by atoms with Crippen molar-refractivity contribution in [2.75, 3.05) is 18.4 Å². The molecular formula is C26H30F3N5O2. The van der Waals surface area contributed by atoms with Crippen molar-refractivity contribution in [3.05, 3.63) is 76.2 Å². The van der Waals surface area contributed by atoms with E-state index in [2.05, 4.69) is 21.9 Å². The van der Waals surface area contributed by atoms with Crippen molar-refractivity contribution in [1.29, 1.82) is 0 Å². The third kappa shape index (κ3) is 6.10. The number of anilines is 1. The topological polar surface area (TPSA) is 80.1 Å². The molecule has 3 rings (SSSR count). The summed E-state index contributed by atoms with van der Waals surface area (Å²) in [4.78, 5) is 35.0. The zero-order chi connectivity index (χ0) is 26.4. The number of amides is 1. The number of carbonyl (C=O) groups excluding carboxylic acids is 1. The van der Waals surface area contributed by atoms with Gasteiger partial charge in [0.25, 0.3) is 12.0 Å². The summed E-state index contributed by atoms with van der Waals surface area (Å²) in [5.41, 5.74) is -0.554. The molecule has 0 aliphatic rings. The number of carbonyl (C=O) groups is 1. The van der Waals surface area contributed by atoms with Gasteiger partial charge in [-0.2, -0.15) is 0 Å². The zero-order valence-corrected chi connectivity index (χ0v) is 20.6. The van der Waals surface area contributed by atoms with Gasteiger partial charge in [-0.25, -0.2) is 23.1 Å². The Morgan fingerprint density at radius 2 is 1.97 bits per heavy atom. The Morgan fingerprint density at radius 1 is 1.25 bits per heavy atom. The van der Waals surface area contributed by atoms with E-state index >= 15 is 0 Å². The Balaban J connectivity index is 1.94. The van der Waals surface area contributed by atoms with Crippen LogP contribution in [0.3, 0.4) is 0 Å². The molecule has 2 heterocycles. The zero-order valence-electron chi connectivity index (χ0n) is 20.6. The van der Waals surface area contributed by atoms with Gasteiger partial charge < -0.3 is 14.8 Å². The van der Waals surface area contributed by atoms with Crippen molar-refractivity contribution in [3.63, 3.8) is 0 Å². The summed E-state index contributed by atoms with van der Waals surface area (Å²) in [5.74, 6) is -0.339. The fraction of sp³-hybridized carbons (Fsp3) is 0.385. The van der Waals surface area contributed by atoms with Gasteiger partial charge in [-0.05, 0) is 19.8 Å². The molecule has 0 radical (unpaired) electrons. The molecule has 0 unspecified atom stereocenters. The van der Waals surface area contributed by atoms with Crippen LogP contribution in [0.4, 0.5) is 19.0 Å². The molecule has 0 bridgehead atoms. The molecule has 0 aliphatic heterocycles. The third-order valence-corrected chi connectivity index (χ3v) is 5.84. The highest BCUT2D eigenvalue weighted by Gasteiger charge is 2.21. The summed E-state index contributed by atoms with van der Waals surface area (Å²) in [7, 11) is 0. The van der Waals surface area contributed by atoms with Crippen LogP contribution in [-0.4, -0.2) is 38.4 Å². The van der Waals surface area contributed by atoms with Crippen LogP contribution >= 0.6 is 0 Å². The van der Waals surface area contributed by atoms with E-state index in [0.29, 0.717) is 48.6 Å². The lowest BCUT2D eigenvalue weighted by Gasteiger charge is -2.21. The largest absolute Gasteiger partial charge is 0.359 e. The maximum Gasteiger partial charge on any atom is 0.266 e. The number of hydrogen-bond acceptors (Lipinski definition) is 5. The summed E-state index contributed by atoms with van der Waals surface area (Å²) in [5, 5.41) is 3.57. The predicted molar refractivity (Wildman–Crippen MR) is 134 cm³/mol. The number of pyridine rings is 1. The average molecular weight is 502 g/mol. The standard InChI is InChI=1S/C26H30F3N5O2/c1-5-11-33(17(4)35)12-8-13-34-15-20-22(14-23(34)36)30-16(3)31-26(20)32-21(6-2)18-9-7-10-19(24(18)27)25(28)29/h6-7,9-10,14-15,21,25H,2,5,8,11-13H2,1,3-4H3,(H,30,31,32)/t21-/m1/s1. The van der Waals surface area contributed by atoms with Crippen LogP contribution in [0.5, 0.6) is 0 Å². The van der Waals surface area contributed by atoms with Gasteiger partial charge in [-0.1, -0.05) is 31.2 Å². The van der Waals surface area contributed by atoms with E-state index in [4.69, 9.17) is 0 Å². The van der Waals surface area contributed by atoms with Crippen molar-refractivity contribution in [1.82, 2.24) is 19.4 Å². The molecule has 0 saturated heterocycles. The van der Waals surface area contributed by atoms with Crippen molar-refractivity contribution < 1.29 is 18.0 Å². The number of halogens is 3. The van der Waals surface area contributed by atoms with Gasteiger partial charge in [0.2, 0.25) is 5.91 Å². The highest BCUT2D eigenvalue weighted by Crippen LogP contribution is 2.30. The molecule has 0 fully saturated rings. The van der Waals surface area contributed by atoms with Crippen molar-refractivity contribution in [3.8, 4) is 0 Å². The number of benzene rings is 1. The van der Waals surface area contributed by atoms with Crippen molar-refractivity contribution in [2.24, 2.45) is 0 Å². The number of fused-ring (bicyclic) bond motifs is 1. The van der Waals surface area contributed by atoms with E-state index in [-0.39, 0.29) is 17.0 Å². The number of aromatic nitrogens is 3. The number of nitrogens with zero attached hydrogens (tertiary/aromatic N) is 4. The molecule has 10 heteroatoms. The Morgan fingerprint density at radius 3 is 2.61 bits per heavy atom. The average Bonchev–Trinajstić information content (AvgIpc) is 2.82. The molecule has 36 heavy (non-hydrogen) atoms. The highest BCUT2D eigenvalue weighted by molar-refractivity contribution is 5.88. The fourth-order valence-corrected chi connectivity index (χ4v) is 4.06. The van der Waals surface area contributed by atoms with Crippen LogP contribution in [0.25, 0.3) is 10.9 Å². The van der Waals surface area contributed by atoms with Gasteiger partial charge in [0.1, 0.15) is 17.5 Å². The Hall–Kier alpha value is -3.69. The predicted octanol–water partition coefficient (Wildman–Crippen LogP) is 5.16. The number of nitrogens with one attached hydrogen (secondary N) is 1. The summed E-state index contributed by atoms with van der Waals surface area (Å²) >= 11 is 0. The van der Waals surface area contributed by atoms with E-state index < -0.39 is 23.8 Å². The molecule has 7 nitrogen and oxygen atoms in total. The molecule has 1 atom stereocenters. The lowest BCUT2D eigenvalue weighted by atomic mass is 10.0. The summed E-state index contributed by atoms with van der Waals surface area (Å²) < 4.78 is 42.8. The molecule has 0 saturated carbocycles. The van der Waals surface area contributed by atoms with Gasteiger partial charge in [-0.3, -0.25) is 9.59 Å². The van der Waals surface area contributed by atoms with E-state index in [1.807, 2.05) is 6.92 Å². The second-order valence-corrected chi connectivity index (χ2v) is 8.49.